The Morgan fingerprint density at radius 1 is 1.45 bits per heavy atom. The van der Waals surface area contributed by atoms with E-state index in [4.69, 9.17) is 28.9 Å². The van der Waals surface area contributed by atoms with Crippen LogP contribution in [0, 0.1) is 0 Å². The predicted octanol–water partition coefficient (Wildman–Crippen LogP) is 3.98. The molecular weight excluding hydrogens is 315 g/mol. The Kier molecular flexibility index (Phi) is 5.47. The van der Waals surface area contributed by atoms with E-state index >= 15 is 0 Å². The molecule has 1 saturated carbocycles. The molecule has 110 valence electrons. The van der Waals surface area contributed by atoms with Crippen LogP contribution in [-0.4, -0.2) is 23.0 Å². The third kappa shape index (κ3) is 3.74. The van der Waals surface area contributed by atoms with Crippen LogP contribution in [0.5, 0.6) is 0 Å². The largest absolute Gasteiger partial charge is 0.399 e. The van der Waals surface area contributed by atoms with Gasteiger partial charge in [0, 0.05) is 17.0 Å². The normalized spacial score (nSPS) is 21.9. The van der Waals surface area contributed by atoms with Crippen LogP contribution in [0.25, 0.3) is 0 Å². The van der Waals surface area contributed by atoms with Gasteiger partial charge in [0.25, 0.3) is 5.91 Å². The van der Waals surface area contributed by atoms with E-state index in [0.29, 0.717) is 21.5 Å². The van der Waals surface area contributed by atoms with Gasteiger partial charge in [-0.05, 0) is 37.1 Å². The summed E-state index contributed by atoms with van der Waals surface area (Å²) < 4.78 is 0. The van der Waals surface area contributed by atoms with Gasteiger partial charge < -0.3 is 11.1 Å². The molecule has 2 unspecified atom stereocenters. The molecule has 1 amide bonds. The number of nitrogens with one attached hydrogen (secondary N) is 1. The lowest BCUT2D eigenvalue weighted by molar-refractivity contribution is 0.0938. The Labute approximate surface area is 133 Å². The lowest BCUT2D eigenvalue weighted by atomic mass is 10.1. The quantitative estimate of drug-likeness (QED) is 0.820. The number of hydrogen-bond donors (Lipinski definition) is 2. The van der Waals surface area contributed by atoms with E-state index in [-0.39, 0.29) is 17.0 Å². The van der Waals surface area contributed by atoms with Crippen LogP contribution in [0.3, 0.4) is 0 Å². The van der Waals surface area contributed by atoms with Gasteiger partial charge in [0.2, 0.25) is 0 Å². The van der Waals surface area contributed by atoms with Gasteiger partial charge in [-0.1, -0.05) is 30.1 Å². The van der Waals surface area contributed by atoms with E-state index in [1.165, 1.54) is 0 Å². The number of rotatable bonds is 4. The van der Waals surface area contributed by atoms with Gasteiger partial charge in [-0.15, -0.1) is 0 Å². The van der Waals surface area contributed by atoms with Crippen molar-refractivity contribution in [3.05, 3.63) is 27.7 Å². The highest BCUT2D eigenvalue weighted by molar-refractivity contribution is 7.99. The van der Waals surface area contributed by atoms with Crippen molar-refractivity contribution in [2.75, 3.05) is 11.5 Å². The number of halogens is 2. The lowest BCUT2D eigenvalue weighted by Gasteiger charge is -2.14. The number of anilines is 1. The number of amides is 1. The molecule has 20 heavy (non-hydrogen) atoms. The maximum absolute atomic E-state index is 12.3. The molecule has 3 nitrogen and oxygen atoms in total. The first-order chi connectivity index (χ1) is 9.51. The zero-order chi connectivity index (χ0) is 14.7. The van der Waals surface area contributed by atoms with Crippen molar-refractivity contribution in [1.29, 1.82) is 0 Å². The van der Waals surface area contributed by atoms with Gasteiger partial charge in [0.1, 0.15) is 0 Å². The molecule has 1 aromatic carbocycles. The predicted molar refractivity (Wildman–Crippen MR) is 87.9 cm³/mol. The number of carbonyl (C=O) groups excluding carboxylic acids is 1. The first-order valence-corrected chi connectivity index (χ1v) is 8.48. The van der Waals surface area contributed by atoms with Crippen LogP contribution in [0.15, 0.2) is 12.1 Å². The first-order valence-electron chi connectivity index (χ1n) is 6.68. The summed E-state index contributed by atoms with van der Waals surface area (Å²) in [4.78, 5) is 12.3. The van der Waals surface area contributed by atoms with Crippen molar-refractivity contribution in [2.24, 2.45) is 0 Å². The lowest BCUT2D eigenvalue weighted by Crippen LogP contribution is -2.33. The zero-order valence-electron chi connectivity index (χ0n) is 11.3. The highest BCUT2D eigenvalue weighted by Gasteiger charge is 2.26. The van der Waals surface area contributed by atoms with E-state index in [2.05, 4.69) is 12.2 Å². The fraction of sp³-hybridized carbons (Fsp3) is 0.500. The summed E-state index contributed by atoms with van der Waals surface area (Å²) in [6.45, 7) is 2.16. The fourth-order valence-electron chi connectivity index (χ4n) is 2.50. The van der Waals surface area contributed by atoms with Crippen LogP contribution < -0.4 is 11.1 Å². The Morgan fingerprint density at radius 3 is 2.90 bits per heavy atom. The molecule has 0 aliphatic heterocycles. The summed E-state index contributed by atoms with van der Waals surface area (Å²) in [5.74, 6) is 0.915. The number of thioether (sulfide) groups is 1. The first kappa shape index (κ1) is 15.8. The number of hydrogen-bond acceptors (Lipinski definition) is 3. The molecule has 0 spiro atoms. The van der Waals surface area contributed by atoms with Crippen LogP contribution in [0.4, 0.5) is 5.69 Å². The van der Waals surface area contributed by atoms with E-state index < -0.39 is 0 Å². The smallest absolute Gasteiger partial charge is 0.253 e. The molecule has 1 aliphatic rings. The van der Waals surface area contributed by atoms with Crippen molar-refractivity contribution in [3.63, 3.8) is 0 Å². The van der Waals surface area contributed by atoms with E-state index in [0.717, 1.165) is 25.0 Å². The number of nitrogens with two attached hydrogens (primary N) is 1. The van der Waals surface area contributed by atoms with Crippen molar-refractivity contribution in [3.8, 4) is 0 Å². The Balaban J connectivity index is 2.03. The van der Waals surface area contributed by atoms with Gasteiger partial charge in [0.05, 0.1) is 15.6 Å². The van der Waals surface area contributed by atoms with Gasteiger partial charge in [0.15, 0.2) is 0 Å². The van der Waals surface area contributed by atoms with Gasteiger partial charge >= 0.3 is 0 Å². The third-order valence-electron chi connectivity index (χ3n) is 3.42. The van der Waals surface area contributed by atoms with Crippen molar-refractivity contribution in [2.45, 2.75) is 37.5 Å². The molecule has 1 fully saturated rings. The Hall–Kier alpha value is -0.580. The molecule has 0 heterocycles. The summed E-state index contributed by atoms with van der Waals surface area (Å²) in [6, 6.07) is 3.32. The van der Waals surface area contributed by atoms with Crippen molar-refractivity contribution in [1.82, 2.24) is 5.32 Å². The minimum Gasteiger partial charge on any atom is -0.399 e. The molecule has 0 saturated heterocycles. The van der Waals surface area contributed by atoms with E-state index in [1.807, 2.05) is 11.8 Å². The molecule has 0 aromatic heterocycles. The van der Waals surface area contributed by atoms with Crippen LogP contribution in [-0.2, 0) is 0 Å². The highest BCUT2D eigenvalue weighted by atomic mass is 35.5. The molecule has 3 N–H and O–H groups in total. The third-order valence-corrected chi connectivity index (χ3v) is 5.45. The Bertz CT molecular complexity index is 510. The van der Waals surface area contributed by atoms with Crippen LogP contribution in [0.1, 0.15) is 36.5 Å². The molecule has 1 aromatic rings. The number of carbonyl (C=O) groups is 1. The second-order valence-corrected chi connectivity index (χ2v) is 7.29. The molecular formula is C14H18Cl2N2OS. The highest BCUT2D eigenvalue weighted by Crippen LogP contribution is 2.31. The number of benzene rings is 1. The fourth-order valence-corrected chi connectivity index (χ4v) is 4.06. The molecule has 6 heteroatoms. The second kappa shape index (κ2) is 6.92. The van der Waals surface area contributed by atoms with E-state index in [1.54, 1.807) is 12.1 Å². The molecule has 2 rings (SSSR count). The van der Waals surface area contributed by atoms with Gasteiger partial charge in [-0.2, -0.15) is 11.8 Å². The SMILES string of the molecule is CCSC1CCC(NC(=O)c2cc(N)cc(Cl)c2Cl)C1. The summed E-state index contributed by atoms with van der Waals surface area (Å²) in [7, 11) is 0. The average Bonchev–Trinajstić information content (AvgIpc) is 2.81. The monoisotopic (exact) mass is 332 g/mol. The maximum Gasteiger partial charge on any atom is 0.253 e. The average molecular weight is 333 g/mol. The van der Waals surface area contributed by atoms with Crippen molar-refractivity contribution < 1.29 is 4.79 Å². The molecule has 1 aliphatic carbocycles. The molecule has 0 radical (unpaired) electrons. The van der Waals surface area contributed by atoms with Crippen LogP contribution >= 0.6 is 35.0 Å². The van der Waals surface area contributed by atoms with Crippen molar-refractivity contribution >= 4 is 46.6 Å². The minimum atomic E-state index is -0.198. The summed E-state index contributed by atoms with van der Waals surface area (Å²) >= 11 is 14.0. The molecule has 2 atom stereocenters. The topological polar surface area (TPSA) is 55.1 Å². The van der Waals surface area contributed by atoms with Gasteiger partial charge in [-0.25, -0.2) is 0 Å². The summed E-state index contributed by atoms with van der Waals surface area (Å²) in [5.41, 5.74) is 6.50. The maximum atomic E-state index is 12.3. The van der Waals surface area contributed by atoms with E-state index in [9.17, 15) is 4.79 Å². The Morgan fingerprint density at radius 2 is 2.20 bits per heavy atom. The van der Waals surface area contributed by atoms with Crippen LogP contribution in [0.2, 0.25) is 10.0 Å². The summed E-state index contributed by atoms with van der Waals surface area (Å²) in [5, 5.41) is 4.24. The standard InChI is InChI=1S/C14H18Cl2N2OS/c1-2-20-10-4-3-9(7-10)18-14(19)11-5-8(17)6-12(15)13(11)16/h5-6,9-10H,2-4,7,17H2,1H3,(H,18,19). The molecule has 0 bridgehead atoms. The van der Waals surface area contributed by atoms with Gasteiger partial charge in [-0.3, -0.25) is 4.79 Å². The second-order valence-electron chi connectivity index (χ2n) is 4.93. The minimum absolute atomic E-state index is 0.198. The summed E-state index contributed by atoms with van der Waals surface area (Å²) in [6.07, 6.45) is 3.17. The zero-order valence-corrected chi connectivity index (χ0v) is 13.6. The number of nitrogen functional groups attached to an aromatic ring is 1.